The molecule has 0 saturated carbocycles. The number of nitrogens with two attached hydrogens (primary N) is 1. The number of hydrogen-bond donors (Lipinski definition) is 3. The molecule has 1 saturated heterocycles. The standard InChI is InChI=1S/C22H34N4O3/c1-2-3-4-13-26(14-5-6-20(27)28)22(29)18-11-15-25(16-12-18)19-9-7-17(8-10-19)21(23)24/h7-10,18H,2-6,11-16H2,1H3,(H3,23,24)(H,27,28). The van der Waals surface area contributed by atoms with Gasteiger partial charge in [0.1, 0.15) is 5.84 Å². The molecular weight excluding hydrogens is 368 g/mol. The Bertz CT molecular complexity index is 682. The summed E-state index contributed by atoms with van der Waals surface area (Å²) in [5.74, 6) is -0.561. The second kappa shape index (κ2) is 11.4. The van der Waals surface area contributed by atoms with Gasteiger partial charge in [0.2, 0.25) is 5.91 Å². The molecule has 0 spiro atoms. The number of carbonyl (C=O) groups is 2. The van der Waals surface area contributed by atoms with Crippen molar-refractivity contribution < 1.29 is 14.7 Å². The maximum absolute atomic E-state index is 13.1. The second-order valence-electron chi connectivity index (χ2n) is 7.75. The maximum atomic E-state index is 13.1. The number of carbonyl (C=O) groups excluding carboxylic acids is 1. The number of carboxylic acids is 1. The minimum absolute atomic E-state index is 0.00852. The van der Waals surface area contributed by atoms with Crippen LogP contribution in [0.5, 0.6) is 0 Å². The topological polar surface area (TPSA) is 111 Å². The first-order valence-electron chi connectivity index (χ1n) is 10.6. The van der Waals surface area contributed by atoms with Crippen molar-refractivity contribution in [3.8, 4) is 0 Å². The van der Waals surface area contributed by atoms with Crippen LogP contribution >= 0.6 is 0 Å². The fourth-order valence-electron chi connectivity index (χ4n) is 3.80. The van der Waals surface area contributed by atoms with E-state index in [1.807, 2.05) is 29.2 Å². The molecule has 0 atom stereocenters. The number of rotatable bonds is 11. The van der Waals surface area contributed by atoms with Crippen molar-refractivity contribution in [2.75, 3.05) is 31.1 Å². The van der Waals surface area contributed by atoms with Crippen LogP contribution in [0.15, 0.2) is 24.3 Å². The Labute approximate surface area is 173 Å². The summed E-state index contributed by atoms with van der Waals surface area (Å²) in [5, 5.41) is 16.4. The Kier molecular flexibility index (Phi) is 8.96. The normalized spacial score (nSPS) is 14.6. The summed E-state index contributed by atoms with van der Waals surface area (Å²) in [4.78, 5) is 28.0. The highest BCUT2D eigenvalue weighted by Gasteiger charge is 2.28. The Morgan fingerprint density at radius 1 is 1.14 bits per heavy atom. The lowest BCUT2D eigenvalue weighted by Gasteiger charge is -2.35. The zero-order chi connectivity index (χ0) is 21.2. The largest absolute Gasteiger partial charge is 0.481 e. The third-order valence-corrected chi connectivity index (χ3v) is 5.55. The third kappa shape index (κ3) is 7.07. The zero-order valence-corrected chi connectivity index (χ0v) is 17.4. The molecule has 0 radical (unpaired) electrons. The number of amidine groups is 1. The Hall–Kier alpha value is -2.57. The molecule has 1 aliphatic rings. The molecule has 4 N–H and O–H groups in total. The number of nitrogens with zero attached hydrogens (tertiary/aromatic N) is 2. The van der Waals surface area contributed by atoms with Crippen LogP contribution in [0.2, 0.25) is 0 Å². The van der Waals surface area contributed by atoms with Gasteiger partial charge in [-0.15, -0.1) is 0 Å². The molecule has 0 unspecified atom stereocenters. The van der Waals surface area contributed by atoms with Gasteiger partial charge in [0.25, 0.3) is 0 Å². The number of piperidine rings is 1. The highest BCUT2D eigenvalue weighted by Crippen LogP contribution is 2.25. The van der Waals surface area contributed by atoms with E-state index in [4.69, 9.17) is 16.2 Å². The summed E-state index contributed by atoms with van der Waals surface area (Å²) in [5.41, 5.74) is 7.31. The predicted octanol–water partition coefficient (Wildman–Crippen LogP) is 3.07. The van der Waals surface area contributed by atoms with Crippen LogP contribution in [0.3, 0.4) is 0 Å². The van der Waals surface area contributed by atoms with Crippen LogP contribution in [0, 0.1) is 11.3 Å². The summed E-state index contributed by atoms with van der Waals surface area (Å²) < 4.78 is 0. The first-order chi connectivity index (χ1) is 13.9. The van der Waals surface area contributed by atoms with Crippen molar-refractivity contribution in [2.24, 2.45) is 11.7 Å². The van der Waals surface area contributed by atoms with Gasteiger partial charge < -0.3 is 20.6 Å². The van der Waals surface area contributed by atoms with Crippen LogP contribution < -0.4 is 10.6 Å². The van der Waals surface area contributed by atoms with E-state index in [1.165, 1.54) is 0 Å². The number of nitrogens with one attached hydrogen (secondary N) is 1. The Morgan fingerprint density at radius 3 is 2.31 bits per heavy atom. The molecule has 7 nitrogen and oxygen atoms in total. The first kappa shape index (κ1) is 22.7. The van der Waals surface area contributed by atoms with E-state index < -0.39 is 5.97 Å². The molecule has 1 amide bonds. The van der Waals surface area contributed by atoms with Gasteiger partial charge in [-0.25, -0.2) is 0 Å². The molecule has 1 aromatic rings. The summed E-state index contributed by atoms with van der Waals surface area (Å²) in [6.45, 7) is 5.01. The third-order valence-electron chi connectivity index (χ3n) is 5.55. The highest BCUT2D eigenvalue weighted by atomic mass is 16.4. The number of hydrogen-bond acceptors (Lipinski definition) is 4. The fraction of sp³-hybridized carbons (Fsp3) is 0.591. The van der Waals surface area contributed by atoms with E-state index in [-0.39, 0.29) is 24.1 Å². The highest BCUT2D eigenvalue weighted by molar-refractivity contribution is 5.95. The summed E-state index contributed by atoms with van der Waals surface area (Å²) in [6.07, 6.45) is 5.36. The minimum atomic E-state index is -0.810. The van der Waals surface area contributed by atoms with Crippen molar-refractivity contribution in [1.82, 2.24) is 4.90 Å². The summed E-state index contributed by atoms with van der Waals surface area (Å²) in [6, 6.07) is 7.66. The molecule has 1 fully saturated rings. The maximum Gasteiger partial charge on any atom is 0.303 e. The SMILES string of the molecule is CCCCCN(CCCC(=O)O)C(=O)C1CCN(c2ccc(C(=N)N)cc2)CC1. The van der Waals surface area contributed by atoms with Gasteiger partial charge in [0.15, 0.2) is 0 Å². The molecule has 0 aromatic heterocycles. The first-order valence-corrected chi connectivity index (χ1v) is 10.6. The molecule has 7 heteroatoms. The van der Waals surface area contributed by atoms with Gasteiger partial charge in [0, 0.05) is 49.8 Å². The zero-order valence-electron chi connectivity index (χ0n) is 17.4. The molecule has 0 aliphatic carbocycles. The molecule has 1 aliphatic heterocycles. The molecule has 1 aromatic carbocycles. The van der Waals surface area contributed by atoms with Crippen molar-refractivity contribution >= 4 is 23.4 Å². The Balaban J connectivity index is 1.90. The number of carboxylic acid groups (broad SMARTS) is 1. The molecule has 2 rings (SSSR count). The monoisotopic (exact) mass is 402 g/mol. The quantitative estimate of drug-likeness (QED) is 0.299. The van der Waals surface area contributed by atoms with Gasteiger partial charge in [-0.3, -0.25) is 15.0 Å². The fourth-order valence-corrected chi connectivity index (χ4v) is 3.80. The van der Waals surface area contributed by atoms with Crippen molar-refractivity contribution in [1.29, 1.82) is 5.41 Å². The lowest BCUT2D eigenvalue weighted by atomic mass is 9.94. The average molecular weight is 403 g/mol. The van der Waals surface area contributed by atoms with Crippen LogP contribution in [-0.4, -0.2) is 53.9 Å². The van der Waals surface area contributed by atoms with E-state index in [9.17, 15) is 9.59 Å². The lowest BCUT2D eigenvalue weighted by Crippen LogP contribution is -2.43. The van der Waals surface area contributed by atoms with Crippen LogP contribution in [-0.2, 0) is 9.59 Å². The smallest absolute Gasteiger partial charge is 0.303 e. The van der Waals surface area contributed by atoms with Crippen molar-refractivity contribution in [3.63, 3.8) is 0 Å². The van der Waals surface area contributed by atoms with Crippen LogP contribution in [0.25, 0.3) is 0 Å². The van der Waals surface area contributed by atoms with E-state index in [0.717, 1.165) is 57.4 Å². The molecule has 160 valence electrons. The second-order valence-corrected chi connectivity index (χ2v) is 7.75. The predicted molar refractivity (Wildman–Crippen MR) is 115 cm³/mol. The number of anilines is 1. The van der Waals surface area contributed by atoms with Crippen LogP contribution in [0.4, 0.5) is 5.69 Å². The van der Waals surface area contributed by atoms with E-state index in [0.29, 0.717) is 18.5 Å². The van der Waals surface area contributed by atoms with Crippen LogP contribution in [0.1, 0.15) is 57.4 Å². The molecule has 0 bridgehead atoms. The van der Waals surface area contributed by atoms with E-state index in [1.54, 1.807) is 0 Å². The summed E-state index contributed by atoms with van der Waals surface area (Å²) >= 11 is 0. The van der Waals surface area contributed by atoms with Gasteiger partial charge in [0.05, 0.1) is 0 Å². The van der Waals surface area contributed by atoms with E-state index in [2.05, 4.69) is 11.8 Å². The number of amides is 1. The van der Waals surface area contributed by atoms with Gasteiger partial charge in [-0.2, -0.15) is 0 Å². The molecule has 1 heterocycles. The summed E-state index contributed by atoms with van der Waals surface area (Å²) in [7, 11) is 0. The number of benzene rings is 1. The van der Waals surface area contributed by atoms with E-state index >= 15 is 0 Å². The number of nitrogen functional groups attached to an aromatic ring is 1. The van der Waals surface area contributed by atoms with Gasteiger partial charge in [-0.1, -0.05) is 19.8 Å². The van der Waals surface area contributed by atoms with Crippen molar-refractivity contribution in [2.45, 2.75) is 51.9 Å². The molecular formula is C22H34N4O3. The minimum Gasteiger partial charge on any atom is -0.481 e. The Morgan fingerprint density at radius 2 is 1.76 bits per heavy atom. The number of unbranched alkanes of at least 4 members (excludes halogenated alkanes) is 2. The van der Waals surface area contributed by atoms with Crippen molar-refractivity contribution in [3.05, 3.63) is 29.8 Å². The van der Waals surface area contributed by atoms with Gasteiger partial charge in [-0.05, 0) is 49.9 Å². The molecule has 29 heavy (non-hydrogen) atoms. The average Bonchev–Trinajstić information content (AvgIpc) is 2.72. The number of aliphatic carboxylic acids is 1. The lowest BCUT2D eigenvalue weighted by molar-refractivity contribution is -0.139. The van der Waals surface area contributed by atoms with Gasteiger partial charge >= 0.3 is 5.97 Å².